The Hall–Kier alpha value is -1.68. The van der Waals surface area contributed by atoms with Gasteiger partial charge in [0.05, 0.1) is 17.8 Å². The maximum atomic E-state index is 11.3. The summed E-state index contributed by atoms with van der Waals surface area (Å²) in [6, 6.07) is 1.28. The second kappa shape index (κ2) is 4.90. The van der Waals surface area contributed by atoms with Gasteiger partial charge in [-0.05, 0) is 12.5 Å². The number of rotatable bonds is 3. The van der Waals surface area contributed by atoms with Gasteiger partial charge in [0.2, 0.25) is 0 Å². The number of benzene rings is 1. The third-order valence-electron chi connectivity index (χ3n) is 2.15. The number of phenols is 1. The molecule has 86 valence electrons. The van der Waals surface area contributed by atoms with Gasteiger partial charge < -0.3 is 15.6 Å². The topological polar surface area (TPSA) is 72.6 Å². The third kappa shape index (κ3) is 2.12. The number of hydrogen-bond donors (Lipinski definition) is 2. The molecule has 1 aromatic rings. The lowest BCUT2D eigenvalue weighted by Crippen LogP contribution is -2.05. The summed E-state index contributed by atoms with van der Waals surface area (Å²) in [5, 5.41) is 10.0. The molecule has 0 unspecified atom stereocenters. The van der Waals surface area contributed by atoms with E-state index in [9.17, 15) is 9.90 Å². The zero-order valence-corrected chi connectivity index (χ0v) is 9.54. The van der Waals surface area contributed by atoms with E-state index < -0.39 is 5.97 Å². The van der Waals surface area contributed by atoms with Gasteiger partial charge >= 0.3 is 5.97 Å². The quantitative estimate of drug-likeness (QED) is 0.483. The van der Waals surface area contributed by atoms with Crippen LogP contribution in [0.25, 0.3) is 0 Å². The van der Waals surface area contributed by atoms with E-state index >= 15 is 0 Å². The van der Waals surface area contributed by atoms with Gasteiger partial charge in [-0.25, -0.2) is 4.79 Å². The minimum Gasteiger partial charge on any atom is -0.507 e. The number of methoxy groups -OCH3 is 1. The molecule has 0 aliphatic heterocycles. The van der Waals surface area contributed by atoms with Crippen molar-refractivity contribution >= 4 is 23.3 Å². The monoisotopic (exact) mass is 241 g/mol. The molecule has 0 aliphatic carbocycles. The van der Waals surface area contributed by atoms with Crippen LogP contribution in [-0.2, 0) is 11.2 Å². The van der Waals surface area contributed by atoms with Gasteiger partial charge in [0.25, 0.3) is 0 Å². The van der Waals surface area contributed by atoms with Crippen LogP contribution in [0.1, 0.15) is 15.9 Å². The van der Waals surface area contributed by atoms with E-state index in [1.54, 1.807) is 6.08 Å². The smallest absolute Gasteiger partial charge is 0.341 e. The molecule has 0 saturated carbocycles. The number of carbonyl (C=O) groups is 1. The van der Waals surface area contributed by atoms with E-state index in [4.69, 9.17) is 17.3 Å². The average Bonchev–Trinajstić information content (AvgIpc) is 2.28. The number of nitrogens with two attached hydrogens (primary N) is 1. The summed E-state index contributed by atoms with van der Waals surface area (Å²) >= 11 is 5.85. The highest BCUT2D eigenvalue weighted by molar-refractivity contribution is 6.33. The Morgan fingerprint density at radius 1 is 1.75 bits per heavy atom. The zero-order chi connectivity index (χ0) is 12.3. The van der Waals surface area contributed by atoms with Gasteiger partial charge in [-0.15, -0.1) is 6.58 Å². The van der Waals surface area contributed by atoms with Crippen molar-refractivity contribution in [2.75, 3.05) is 12.8 Å². The Bertz CT molecular complexity index is 443. The zero-order valence-electron chi connectivity index (χ0n) is 8.79. The van der Waals surface area contributed by atoms with E-state index in [0.717, 1.165) is 0 Å². The molecule has 16 heavy (non-hydrogen) atoms. The first-order valence-corrected chi connectivity index (χ1v) is 4.89. The molecular formula is C11H12ClNO3. The summed E-state index contributed by atoms with van der Waals surface area (Å²) in [6.45, 7) is 3.54. The molecule has 0 radical (unpaired) electrons. The van der Waals surface area contributed by atoms with Gasteiger partial charge in [-0.3, -0.25) is 0 Å². The minimum absolute atomic E-state index is 0.00134. The second-order valence-electron chi connectivity index (χ2n) is 3.13. The van der Waals surface area contributed by atoms with Crippen molar-refractivity contribution in [3.63, 3.8) is 0 Å². The van der Waals surface area contributed by atoms with Crippen LogP contribution in [0.4, 0.5) is 5.69 Å². The number of anilines is 1. The number of esters is 1. The molecule has 0 saturated heterocycles. The van der Waals surface area contributed by atoms with Gasteiger partial charge in [-0.2, -0.15) is 0 Å². The molecule has 1 rings (SSSR count). The fourth-order valence-corrected chi connectivity index (χ4v) is 1.55. The summed E-state index contributed by atoms with van der Waals surface area (Å²) < 4.78 is 4.52. The summed E-state index contributed by atoms with van der Waals surface area (Å²) in [5.74, 6) is -0.877. The molecule has 5 heteroatoms. The number of halogens is 1. The molecule has 0 aliphatic rings. The number of hydrogen-bond acceptors (Lipinski definition) is 4. The molecule has 0 aromatic heterocycles. The lowest BCUT2D eigenvalue weighted by atomic mass is 10.0. The largest absolute Gasteiger partial charge is 0.507 e. The van der Waals surface area contributed by atoms with Crippen molar-refractivity contribution in [1.29, 1.82) is 0 Å². The first-order chi connectivity index (χ1) is 7.52. The van der Waals surface area contributed by atoms with Crippen molar-refractivity contribution in [3.05, 3.63) is 34.9 Å². The van der Waals surface area contributed by atoms with Crippen molar-refractivity contribution in [1.82, 2.24) is 0 Å². The highest BCUT2D eigenvalue weighted by Gasteiger charge is 2.19. The minimum atomic E-state index is -0.662. The van der Waals surface area contributed by atoms with E-state index in [2.05, 4.69) is 11.3 Å². The number of allylic oxidation sites excluding steroid dienone is 1. The summed E-state index contributed by atoms with van der Waals surface area (Å²) in [4.78, 5) is 11.3. The van der Waals surface area contributed by atoms with Crippen LogP contribution >= 0.6 is 11.6 Å². The Labute approximate surface area is 98.3 Å². The molecule has 3 N–H and O–H groups in total. The Morgan fingerprint density at radius 3 is 2.88 bits per heavy atom. The first-order valence-electron chi connectivity index (χ1n) is 4.52. The van der Waals surface area contributed by atoms with Crippen LogP contribution in [0.2, 0.25) is 5.02 Å². The number of nitrogen functional groups attached to an aromatic ring is 1. The molecule has 0 atom stereocenters. The number of ether oxygens (including phenoxy) is 1. The van der Waals surface area contributed by atoms with Crippen LogP contribution in [-0.4, -0.2) is 18.2 Å². The van der Waals surface area contributed by atoms with Crippen molar-refractivity contribution in [3.8, 4) is 5.75 Å². The van der Waals surface area contributed by atoms with Gasteiger partial charge in [0.15, 0.2) is 0 Å². The molecule has 0 spiro atoms. The normalized spacial score (nSPS) is 9.88. The highest BCUT2D eigenvalue weighted by Crippen LogP contribution is 2.34. The van der Waals surface area contributed by atoms with Crippen molar-refractivity contribution in [2.45, 2.75) is 6.42 Å². The van der Waals surface area contributed by atoms with Crippen LogP contribution in [0, 0.1) is 0 Å². The average molecular weight is 242 g/mol. The Balaban J connectivity index is 3.43. The number of aromatic hydroxyl groups is 1. The molecule has 1 aromatic carbocycles. The summed E-state index contributed by atoms with van der Waals surface area (Å²) in [5.41, 5.74) is 6.31. The molecular weight excluding hydrogens is 230 g/mol. The van der Waals surface area contributed by atoms with Gasteiger partial charge in [0.1, 0.15) is 11.3 Å². The summed E-state index contributed by atoms with van der Waals surface area (Å²) in [6.07, 6.45) is 1.88. The predicted molar refractivity (Wildman–Crippen MR) is 62.8 cm³/mol. The standard InChI is InChI=1S/C11H12ClNO3/c1-3-4-6-9(13)8(12)5-7(10(6)14)11(15)16-2/h3,5,14H,1,4,13H2,2H3. The first kappa shape index (κ1) is 12.4. The molecule has 0 fully saturated rings. The maximum Gasteiger partial charge on any atom is 0.341 e. The third-order valence-corrected chi connectivity index (χ3v) is 2.46. The fraction of sp³-hybridized carbons (Fsp3) is 0.182. The van der Waals surface area contributed by atoms with E-state index in [-0.39, 0.29) is 22.0 Å². The lowest BCUT2D eigenvalue weighted by Gasteiger charge is -2.11. The SMILES string of the molecule is C=CCc1c(N)c(Cl)cc(C(=O)OC)c1O. The van der Waals surface area contributed by atoms with E-state index in [1.807, 2.05) is 0 Å². The van der Waals surface area contributed by atoms with Crippen molar-refractivity contribution in [2.24, 2.45) is 0 Å². The molecule has 0 heterocycles. The van der Waals surface area contributed by atoms with Gasteiger partial charge in [-0.1, -0.05) is 17.7 Å². The molecule has 0 bridgehead atoms. The van der Waals surface area contributed by atoms with Crippen LogP contribution in [0.5, 0.6) is 5.75 Å². The molecule has 4 nitrogen and oxygen atoms in total. The lowest BCUT2D eigenvalue weighted by molar-refractivity contribution is 0.0597. The fourth-order valence-electron chi connectivity index (χ4n) is 1.32. The Kier molecular flexibility index (Phi) is 3.79. The Morgan fingerprint density at radius 2 is 2.38 bits per heavy atom. The second-order valence-corrected chi connectivity index (χ2v) is 3.54. The van der Waals surface area contributed by atoms with Crippen LogP contribution in [0.15, 0.2) is 18.7 Å². The number of carbonyl (C=O) groups excluding carboxylic acids is 1. The summed E-state index contributed by atoms with van der Waals surface area (Å²) in [7, 11) is 1.22. The maximum absolute atomic E-state index is 11.3. The predicted octanol–water partition coefficient (Wildman–Crippen LogP) is 2.14. The van der Waals surface area contributed by atoms with Crippen LogP contribution < -0.4 is 5.73 Å². The van der Waals surface area contributed by atoms with Crippen molar-refractivity contribution < 1.29 is 14.6 Å². The number of phenolic OH excluding ortho intramolecular Hbond substituents is 1. The van der Waals surface area contributed by atoms with Crippen LogP contribution in [0.3, 0.4) is 0 Å². The van der Waals surface area contributed by atoms with Gasteiger partial charge in [0, 0.05) is 5.56 Å². The highest BCUT2D eigenvalue weighted by atomic mass is 35.5. The molecule has 0 amide bonds. The van der Waals surface area contributed by atoms with E-state index in [1.165, 1.54) is 13.2 Å². The van der Waals surface area contributed by atoms with E-state index in [0.29, 0.717) is 12.0 Å².